The molecule has 1 aromatic carbocycles. The number of hydrogen-bond acceptors (Lipinski definition) is 3. The minimum atomic E-state index is 0.121. The van der Waals surface area contributed by atoms with Crippen LogP contribution in [0, 0.1) is 13.8 Å². The second kappa shape index (κ2) is 6.43. The molecule has 0 amide bonds. The Balaban J connectivity index is 1.80. The Hall–Kier alpha value is -1.74. The molecule has 0 unspecified atom stereocenters. The van der Waals surface area contributed by atoms with Gasteiger partial charge in [-0.15, -0.1) is 0 Å². The van der Waals surface area contributed by atoms with Crippen LogP contribution in [0.2, 0.25) is 0 Å². The van der Waals surface area contributed by atoms with Gasteiger partial charge >= 0.3 is 0 Å². The number of hydrogen-bond donors (Lipinski definition) is 1. The van der Waals surface area contributed by atoms with E-state index in [1.807, 2.05) is 12.1 Å². The maximum Gasteiger partial charge on any atom is 0.122 e. The summed E-state index contributed by atoms with van der Waals surface area (Å²) in [5.74, 6) is 1.91. The summed E-state index contributed by atoms with van der Waals surface area (Å²) in [5, 5.41) is 3.32. The van der Waals surface area contributed by atoms with Gasteiger partial charge in [0.1, 0.15) is 17.6 Å². The van der Waals surface area contributed by atoms with Gasteiger partial charge in [-0.05, 0) is 50.1 Å². The van der Waals surface area contributed by atoms with Gasteiger partial charge < -0.3 is 14.5 Å². The summed E-state index contributed by atoms with van der Waals surface area (Å²) in [5.41, 5.74) is 2.39. The van der Waals surface area contributed by atoms with Crippen molar-refractivity contribution in [3.8, 4) is 5.75 Å². The van der Waals surface area contributed by atoms with Gasteiger partial charge in [-0.2, -0.15) is 0 Å². The first-order valence-electron chi connectivity index (χ1n) is 6.62. The van der Waals surface area contributed by atoms with Crippen molar-refractivity contribution in [3.05, 3.63) is 53.5 Å². The van der Waals surface area contributed by atoms with Crippen LogP contribution in [-0.2, 0) is 6.54 Å². The quantitative estimate of drug-likeness (QED) is 0.862. The van der Waals surface area contributed by atoms with E-state index in [0.29, 0.717) is 0 Å². The Morgan fingerprint density at radius 1 is 1.26 bits per heavy atom. The van der Waals surface area contributed by atoms with Gasteiger partial charge in [-0.1, -0.05) is 12.1 Å². The molecule has 0 bridgehead atoms. The van der Waals surface area contributed by atoms with Gasteiger partial charge in [0.05, 0.1) is 12.8 Å². The van der Waals surface area contributed by atoms with Crippen molar-refractivity contribution < 1.29 is 9.15 Å². The normalized spacial score (nSPS) is 12.4. The van der Waals surface area contributed by atoms with Crippen molar-refractivity contribution in [1.82, 2.24) is 5.32 Å². The average molecular weight is 259 g/mol. The summed E-state index contributed by atoms with van der Waals surface area (Å²) in [7, 11) is 0. The summed E-state index contributed by atoms with van der Waals surface area (Å²) < 4.78 is 11.2. The summed E-state index contributed by atoms with van der Waals surface area (Å²) in [6.07, 6.45) is 1.81. The van der Waals surface area contributed by atoms with Crippen LogP contribution in [0.5, 0.6) is 5.75 Å². The Labute approximate surface area is 114 Å². The molecule has 102 valence electrons. The van der Waals surface area contributed by atoms with E-state index in [0.717, 1.165) is 24.6 Å². The van der Waals surface area contributed by atoms with Gasteiger partial charge in [0.25, 0.3) is 0 Å². The Morgan fingerprint density at radius 2 is 2.11 bits per heavy atom. The molecule has 0 spiro atoms. The lowest BCUT2D eigenvalue weighted by molar-refractivity contribution is 0.214. The highest BCUT2D eigenvalue weighted by atomic mass is 16.5. The molecule has 0 fully saturated rings. The van der Waals surface area contributed by atoms with Crippen LogP contribution in [0.4, 0.5) is 0 Å². The summed E-state index contributed by atoms with van der Waals surface area (Å²) in [6, 6.07) is 10.1. The zero-order valence-corrected chi connectivity index (χ0v) is 11.8. The van der Waals surface area contributed by atoms with E-state index in [9.17, 15) is 0 Å². The van der Waals surface area contributed by atoms with E-state index >= 15 is 0 Å². The lowest BCUT2D eigenvalue weighted by atomic mass is 10.1. The van der Waals surface area contributed by atoms with Gasteiger partial charge in [0.2, 0.25) is 0 Å². The molecule has 1 atom stereocenters. The van der Waals surface area contributed by atoms with Crippen LogP contribution in [-0.4, -0.2) is 12.6 Å². The predicted molar refractivity (Wildman–Crippen MR) is 76.4 cm³/mol. The van der Waals surface area contributed by atoms with Crippen LogP contribution in [0.15, 0.2) is 41.0 Å². The van der Waals surface area contributed by atoms with E-state index < -0.39 is 0 Å². The predicted octanol–water partition coefficient (Wildman–Crippen LogP) is 3.45. The van der Waals surface area contributed by atoms with Crippen LogP contribution < -0.4 is 10.1 Å². The van der Waals surface area contributed by atoms with Crippen molar-refractivity contribution in [3.63, 3.8) is 0 Å². The van der Waals surface area contributed by atoms with Crippen LogP contribution in [0.1, 0.15) is 23.8 Å². The Morgan fingerprint density at radius 3 is 2.84 bits per heavy atom. The lowest BCUT2D eigenvalue weighted by Crippen LogP contribution is -2.28. The molecule has 2 rings (SSSR count). The second-order valence-corrected chi connectivity index (χ2v) is 4.91. The van der Waals surface area contributed by atoms with Crippen molar-refractivity contribution in [2.75, 3.05) is 6.54 Å². The number of nitrogens with one attached hydrogen (secondary N) is 1. The first-order valence-corrected chi connectivity index (χ1v) is 6.62. The molecule has 0 aliphatic rings. The highest BCUT2D eigenvalue weighted by Crippen LogP contribution is 2.20. The fourth-order valence-electron chi connectivity index (χ4n) is 1.90. The zero-order valence-electron chi connectivity index (χ0n) is 11.8. The first kappa shape index (κ1) is 13.7. The fourth-order valence-corrected chi connectivity index (χ4v) is 1.90. The van der Waals surface area contributed by atoms with Crippen LogP contribution in [0.3, 0.4) is 0 Å². The monoisotopic (exact) mass is 259 g/mol. The zero-order chi connectivity index (χ0) is 13.7. The number of benzene rings is 1. The van der Waals surface area contributed by atoms with E-state index in [4.69, 9.17) is 9.15 Å². The second-order valence-electron chi connectivity index (χ2n) is 4.91. The van der Waals surface area contributed by atoms with Crippen LogP contribution >= 0.6 is 0 Å². The smallest absolute Gasteiger partial charge is 0.122 e. The lowest BCUT2D eigenvalue weighted by Gasteiger charge is -2.17. The Kier molecular flexibility index (Phi) is 4.63. The molecule has 0 aliphatic carbocycles. The largest absolute Gasteiger partial charge is 0.489 e. The molecule has 1 N–H and O–H groups in total. The van der Waals surface area contributed by atoms with E-state index in [2.05, 4.69) is 44.3 Å². The highest BCUT2D eigenvalue weighted by Gasteiger charge is 2.06. The minimum Gasteiger partial charge on any atom is -0.489 e. The van der Waals surface area contributed by atoms with E-state index in [-0.39, 0.29) is 6.10 Å². The third kappa shape index (κ3) is 4.14. The molecular weight excluding hydrogens is 238 g/mol. The van der Waals surface area contributed by atoms with Crippen molar-refractivity contribution >= 4 is 0 Å². The molecule has 1 aromatic heterocycles. The molecule has 0 aliphatic heterocycles. The molecule has 1 heterocycles. The van der Waals surface area contributed by atoms with Crippen molar-refractivity contribution in [2.24, 2.45) is 0 Å². The van der Waals surface area contributed by atoms with Crippen molar-refractivity contribution in [1.29, 1.82) is 0 Å². The number of furan rings is 1. The number of ether oxygens (including phenoxy) is 1. The maximum absolute atomic E-state index is 5.95. The van der Waals surface area contributed by atoms with Crippen LogP contribution in [0.25, 0.3) is 0 Å². The number of aryl methyl sites for hydroxylation is 2. The summed E-state index contributed by atoms with van der Waals surface area (Å²) >= 11 is 0. The highest BCUT2D eigenvalue weighted by molar-refractivity contribution is 5.36. The van der Waals surface area contributed by atoms with Gasteiger partial charge in [0, 0.05) is 6.54 Å². The average Bonchev–Trinajstić information content (AvgIpc) is 2.87. The molecule has 2 aromatic rings. The summed E-state index contributed by atoms with van der Waals surface area (Å²) in [6.45, 7) is 7.72. The standard InChI is InChI=1S/C16H21NO2/c1-12-6-7-13(2)16(9-12)19-14(3)10-17-11-15-5-4-8-18-15/h4-9,14,17H,10-11H2,1-3H3/t14-/m1/s1. The molecular formula is C16H21NO2. The fraction of sp³-hybridized carbons (Fsp3) is 0.375. The molecule has 19 heavy (non-hydrogen) atoms. The van der Waals surface area contributed by atoms with Gasteiger partial charge in [-0.3, -0.25) is 0 Å². The molecule has 0 saturated heterocycles. The van der Waals surface area contributed by atoms with E-state index in [1.54, 1.807) is 6.26 Å². The molecule has 3 nitrogen and oxygen atoms in total. The van der Waals surface area contributed by atoms with E-state index in [1.165, 1.54) is 11.1 Å². The first-order chi connectivity index (χ1) is 9.15. The van der Waals surface area contributed by atoms with Gasteiger partial charge in [0.15, 0.2) is 0 Å². The third-order valence-corrected chi connectivity index (χ3v) is 2.98. The number of rotatable bonds is 6. The van der Waals surface area contributed by atoms with Gasteiger partial charge in [-0.25, -0.2) is 0 Å². The van der Waals surface area contributed by atoms with Crippen molar-refractivity contribution in [2.45, 2.75) is 33.4 Å². The molecule has 0 saturated carbocycles. The molecule has 3 heteroatoms. The minimum absolute atomic E-state index is 0.121. The molecule has 0 radical (unpaired) electrons. The maximum atomic E-state index is 5.95. The third-order valence-electron chi connectivity index (χ3n) is 2.98. The summed E-state index contributed by atoms with van der Waals surface area (Å²) in [4.78, 5) is 0. The Bertz CT molecular complexity index is 505. The topological polar surface area (TPSA) is 34.4 Å². The SMILES string of the molecule is Cc1ccc(C)c(O[C@H](C)CNCc2ccco2)c1.